The summed E-state index contributed by atoms with van der Waals surface area (Å²) in [6.45, 7) is 7.35. The second-order valence-corrected chi connectivity index (χ2v) is 6.02. The number of nitrogens with one attached hydrogen (secondary N) is 1. The first kappa shape index (κ1) is 12.6. The first-order valence-electron chi connectivity index (χ1n) is 6.59. The maximum Gasteiger partial charge on any atom is 0.217 e. The molecule has 0 aromatic carbocycles. The zero-order valence-corrected chi connectivity index (χ0v) is 11.1. The minimum absolute atomic E-state index is 0.148. The zero-order valence-electron chi connectivity index (χ0n) is 11.1. The first-order valence-corrected chi connectivity index (χ1v) is 6.59. The van der Waals surface area contributed by atoms with Crippen LogP contribution in [-0.4, -0.2) is 22.3 Å². The molecule has 0 aliphatic heterocycles. The van der Waals surface area contributed by atoms with E-state index in [0.717, 1.165) is 37.1 Å². The number of rotatable bonds is 5. The van der Waals surface area contributed by atoms with Gasteiger partial charge in [0.25, 0.3) is 0 Å². The lowest BCUT2D eigenvalue weighted by Crippen LogP contribution is -2.37. The number of hydrogen-bond acceptors (Lipinski definition) is 4. The van der Waals surface area contributed by atoms with Crippen LogP contribution < -0.4 is 5.32 Å². The van der Waals surface area contributed by atoms with Crippen LogP contribution in [0.3, 0.4) is 0 Å². The van der Waals surface area contributed by atoms with E-state index < -0.39 is 0 Å². The molecule has 1 fully saturated rings. The minimum Gasteiger partial charge on any atom is -0.425 e. The SMILES string of the molecule is CC(C)(C)NCCc1nnc(CC2CCC2)o1. The van der Waals surface area contributed by atoms with Crippen LogP contribution in [0.1, 0.15) is 51.8 Å². The summed E-state index contributed by atoms with van der Waals surface area (Å²) >= 11 is 0. The summed E-state index contributed by atoms with van der Waals surface area (Å²) in [5.74, 6) is 2.37. The highest BCUT2D eigenvalue weighted by Crippen LogP contribution is 2.29. The Morgan fingerprint density at radius 2 is 1.94 bits per heavy atom. The highest BCUT2D eigenvalue weighted by atomic mass is 16.4. The lowest BCUT2D eigenvalue weighted by Gasteiger charge is -2.23. The zero-order chi connectivity index (χ0) is 12.3. The molecule has 1 aliphatic rings. The number of aromatic nitrogens is 2. The van der Waals surface area contributed by atoms with Crippen molar-refractivity contribution in [2.45, 2.75) is 58.4 Å². The van der Waals surface area contributed by atoms with E-state index in [1.807, 2.05) is 0 Å². The van der Waals surface area contributed by atoms with Crippen molar-refractivity contribution in [3.05, 3.63) is 11.8 Å². The summed E-state index contributed by atoms with van der Waals surface area (Å²) in [6, 6.07) is 0. The lowest BCUT2D eigenvalue weighted by atomic mass is 9.83. The molecule has 1 heterocycles. The smallest absolute Gasteiger partial charge is 0.217 e. The summed E-state index contributed by atoms with van der Waals surface area (Å²) < 4.78 is 5.64. The molecular weight excluding hydrogens is 214 g/mol. The Kier molecular flexibility index (Phi) is 3.82. The van der Waals surface area contributed by atoms with Crippen molar-refractivity contribution in [3.8, 4) is 0 Å². The fraction of sp³-hybridized carbons (Fsp3) is 0.846. The maximum absolute atomic E-state index is 5.64. The van der Waals surface area contributed by atoms with Gasteiger partial charge >= 0.3 is 0 Å². The Morgan fingerprint density at radius 3 is 2.53 bits per heavy atom. The molecule has 2 rings (SSSR count). The van der Waals surface area contributed by atoms with Crippen LogP contribution in [0.4, 0.5) is 0 Å². The van der Waals surface area contributed by atoms with Crippen molar-refractivity contribution < 1.29 is 4.42 Å². The van der Waals surface area contributed by atoms with Gasteiger partial charge in [-0.1, -0.05) is 6.42 Å². The van der Waals surface area contributed by atoms with E-state index in [0.29, 0.717) is 0 Å². The average Bonchev–Trinajstić information content (AvgIpc) is 2.57. The van der Waals surface area contributed by atoms with Gasteiger partial charge < -0.3 is 9.73 Å². The Labute approximate surface area is 103 Å². The van der Waals surface area contributed by atoms with E-state index in [4.69, 9.17) is 4.42 Å². The fourth-order valence-electron chi connectivity index (χ4n) is 1.96. The van der Waals surface area contributed by atoms with Crippen molar-refractivity contribution in [3.63, 3.8) is 0 Å². The van der Waals surface area contributed by atoms with Gasteiger partial charge in [0.1, 0.15) is 0 Å². The minimum atomic E-state index is 0.148. The second kappa shape index (κ2) is 5.17. The lowest BCUT2D eigenvalue weighted by molar-refractivity contribution is 0.286. The molecule has 96 valence electrons. The molecule has 1 N–H and O–H groups in total. The van der Waals surface area contributed by atoms with E-state index in [1.54, 1.807) is 0 Å². The maximum atomic E-state index is 5.64. The molecule has 4 heteroatoms. The molecule has 0 saturated heterocycles. The normalized spacial score (nSPS) is 17.1. The van der Waals surface area contributed by atoms with Crippen LogP contribution in [0.15, 0.2) is 4.42 Å². The van der Waals surface area contributed by atoms with Gasteiger partial charge in [0.2, 0.25) is 11.8 Å². The van der Waals surface area contributed by atoms with Crippen molar-refractivity contribution >= 4 is 0 Å². The molecule has 1 aromatic heterocycles. The molecule has 1 aromatic rings. The fourth-order valence-corrected chi connectivity index (χ4v) is 1.96. The molecule has 4 nitrogen and oxygen atoms in total. The van der Waals surface area contributed by atoms with Crippen LogP contribution >= 0.6 is 0 Å². The predicted molar refractivity (Wildman–Crippen MR) is 66.8 cm³/mol. The third-order valence-corrected chi connectivity index (χ3v) is 3.19. The van der Waals surface area contributed by atoms with Crippen LogP contribution in [0.25, 0.3) is 0 Å². The molecule has 17 heavy (non-hydrogen) atoms. The van der Waals surface area contributed by atoms with E-state index >= 15 is 0 Å². The molecule has 0 spiro atoms. The van der Waals surface area contributed by atoms with Crippen LogP contribution in [-0.2, 0) is 12.8 Å². The predicted octanol–water partition coefficient (Wildman–Crippen LogP) is 2.34. The molecule has 1 saturated carbocycles. The van der Waals surface area contributed by atoms with Gasteiger partial charge in [0, 0.05) is 24.9 Å². The molecule has 0 bridgehead atoms. The van der Waals surface area contributed by atoms with Crippen LogP contribution in [0, 0.1) is 5.92 Å². The molecule has 0 radical (unpaired) electrons. The summed E-state index contributed by atoms with van der Waals surface area (Å²) in [5.41, 5.74) is 0.148. The number of hydrogen-bond donors (Lipinski definition) is 1. The van der Waals surface area contributed by atoms with Crippen molar-refractivity contribution in [2.24, 2.45) is 5.92 Å². The number of nitrogens with zero attached hydrogens (tertiary/aromatic N) is 2. The molecule has 1 aliphatic carbocycles. The summed E-state index contributed by atoms with van der Waals surface area (Å²) in [4.78, 5) is 0. The third-order valence-electron chi connectivity index (χ3n) is 3.19. The Hall–Kier alpha value is -0.900. The molecule has 0 amide bonds. The topological polar surface area (TPSA) is 51.0 Å². The Morgan fingerprint density at radius 1 is 1.24 bits per heavy atom. The van der Waals surface area contributed by atoms with Gasteiger partial charge in [-0.15, -0.1) is 10.2 Å². The van der Waals surface area contributed by atoms with Gasteiger partial charge in [-0.25, -0.2) is 0 Å². The molecular formula is C13H23N3O. The summed E-state index contributed by atoms with van der Waals surface area (Å²) in [6.07, 6.45) is 5.79. The van der Waals surface area contributed by atoms with E-state index in [2.05, 4.69) is 36.3 Å². The van der Waals surface area contributed by atoms with Crippen LogP contribution in [0.2, 0.25) is 0 Å². The average molecular weight is 237 g/mol. The summed E-state index contributed by atoms with van der Waals surface area (Å²) in [5, 5.41) is 11.6. The second-order valence-electron chi connectivity index (χ2n) is 6.02. The Balaban J connectivity index is 1.73. The first-order chi connectivity index (χ1) is 8.03. The highest BCUT2D eigenvalue weighted by Gasteiger charge is 2.20. The van der Waals surface area contributed by atoms with Gasteiger partial charge in [-0.2, -0.15) is 0 Å². The van der Waals surface area contributed by atoms with E-state index in [9.17, 15) is 0 Å². The van der Waals surface area contributed by atoms with Crippen molar-refractivity contribution in [1.82, 2.24) is 15.5 Å². The quantitative estimate of drug-likeness (QED) is 0.854. The van der Waals surface area contributed by atoms with Crippen molar-refractivity contribution in [1.29, 1.82) is 0 Å². The van der Waals surface area contributed by atoms with Gasteiger partial charge in [-0.05, 0) is 39.5 Å². The van der Waals surface area contributed by atoms with Gasteiger partial charge in [-0.3, -0.25) is 0 Å². The molecule has 0 atom stereocenters. The van der Waals surface area contributed by atoms with Crippen molar-refractivity contribution in [2.75, 3.05) is 6.54 Å². The van der Waals surface area contributed by atoms with E-state index in [1.165, 1.54) is 19.3 Å². The Bertz CT molecular complexity index is 350. The highest BCUT2D eigenvalue weighted by molar-refractivity contribution is 4.87. The van der Waals surface area contributed by atoms with Crippen LogP contribution in [0.5, 0.6) is 0 Å². The summed E-state index contributed by atoms with van der Waals surface area (Å²) in [7, 11) is 0. The van der Waals surface area contributed by atoms with Gasteiger partial charge in [0.05, 0.1) is 0 Å². The van der Waals surface area contributed by atoms with Gasteiger partial charge in [0.15, 0.2) is 0 Å². The standard InChI is InChI=1S/C13H23N3O/c1-13(2,3)14-8-7-11-15-16-12(17-11)9-10-5-4-6-10/h10,14H,4-9H2,1-3H3. The molecule has 0 unspecified atom stereocenters. The largest absolute Gasteiger partial charge is 0.425 e. The van der Waals surface area contributed by atoms with E-state index in [-0.39, 0.29) is 5.54 Å². The monoisotopic (exact) mass is 237 g/mol. The third kappa shape index (κ3) is 4.11.